The van der Waals surface area contributed by atoms with E-state index in [1.54, 1.807) is 0 Å². The van der Waals surface area contributed by atoms with Gasteiger partial charge in [0.15, 0.2) is 0 Å². The standard InChI is InChI=1S/C15H30N2O/c1-11(2)9-17(13-5-3-4-6-13)14(10-18)15(16)12-7-8-12/h11-15,18H,3-10,16H2,1-2H3. The third-order valence-electron chi connectivity index (χ3n) is 4.59. The SMILES string of the molecule is CC(C)CN(C1CCCC1)C(CO)C(N)C1CC1. The van der Waals surface area contributed by atoms with Crippen LogP contribution >= 0.6 is 0 Å². The van der Waals surface area contributed by atoms with Crippen LogP contribution in [0.25, 0.3) is 0 Å². The fourth-order valence-electron chi connectivity index (χ4n) is 3.46. The summed E-state index contributed by atoms with van der Waals surface area (Å²) in [6.45, 7) is 5.83. The number of hydrogen-bond acceptors (Lipinski definition) is 3. The van der Waals surface area contributed by atoms with Gasteiger partial charge >= 0.3 is 0 Å². The van der Waals surface area contributed by atoms with Crippen molar-refractivity contribution in [3.8, 4) is 0 Å². The number of aliphatic hydroxyl groups is 1. The van der Waals surface area contributed by atoms with Gasteiger partial charge in [-0.3, -0.25) is 4.90 Å². The van der Waals surface area contributed by atoms with Gasteiger partial charge in [0.2, 0.25) is 0 Å². The summed E-state index contributed by atoms with van der Waals surface area (Å²) >= 11 is 0. The first kappa shape index (κ1) is 14.3. The Bertz CT molecular complexity index is 247. The van der Waals surface area contributed by atoms with E-state index in [1.807, 2.05) is 0 Å². The topological polar surface area (TPSA) is 49.5 Å². The highest BCUT2D eigenvalue weighted by molar-refractivity contribution is 4.95. The molecule has 2 rings (SSSR count). The molecule has 0 aromatic heterocycles. The second-order valence-electron chi connectivity index (χ2n) is 6.69. The molecule has 0 aliphatic heterocycles. The maximum absolute atomic E-state index is 9.80. The second kappa shape index (κ2) is 6.36. The average molecular weight is 254 g/mol. The number of rotatable bonds is 7. The number of nitrogens with two attached hydrogens (primary N) is 1. The molecule has 0 aromatic rings. The first-order chi connectivity index (χ1) is 8.63. The zero-order valence-electron chi connectivity index (χ0n) is 12.0. The predicted molar refractivity (Wildman–Crippen MR) is 75.4 cm³/mol. The Kier molecular flexibility index (Phi) is 5.05. The molecule has 18 heavy (non-hydrogen) atoms. The summed E-state index contributed by atoms with van der Waals surface area (Å²) in [6, 6.07) is 1.02. The molecule has 2 fully saturated rings. The second-order valence-corrected chi connectivity index (χ2v) is 6.69. The van der Waals surface area contributed by atoms with E-state index in [1.165, 1.54) is 38.5 Å². The molecule has 0 saturated heterocycles. The molecule has 2 atom stereocenters. The minimum absolute atomic E-state index is 0.175. The van der Waals surface area contributed by atoms with E-state index in [9.17, 15) is 5.11 Å². The molecular weight excluding hydrogens is 224 g/mol. The van der Waals surface area contributed by atoms with Gasteiger partial charge in [0.25, 0.3) is 0 Å². The molecule has 0 radical (unpaired) electrons. The molecule has 2 unspecified atom stereocenters. The van der Waals surface area contributed by atoms with Crippen LogP contribution in [0.2, 0.25) is 0 Å². The van der Waals surface area contributed by atoms with E-state index in [4.69, 9.17) is 5.73 Å². The van der Waals surface area contributed by atoms with Crippen molar-refractivity contribution in [2.24, 2.45) is 17.6 Å². The van der Waals surface area contributed by atoms with Crippen LogP contribution in [-0.2, 0) is 0 Å². The van der Waals surface area contributed by atoms with Crippen LogP contribution in [0.3, 0.4) is 0 Å². The minimum Gasteiger partial charge on any atom is -0.395 e. The highest BCUT2D eigenvalue weighted by atomic mass is 16.3. The van der Waals surface area contributed by atoms with Gasteiger partial charge in [0, 0.05) is 24.7 Å². The van der Waals surface area contributed by atoms with Crippen LogP contribution in [0.5, 0.6) is 0 Å². The Morgan fingerprint density at radius 1 is 1.17 bits per heavy atom. The quantitative estimate of drug-likeness (QED) is 0.730. The minimum atomic E-state index is 0.175. The normalized spacial score (nSPS) is 25.0. The van der Waals surface area contributed by atoms with Gasteiger partial charge in [-0.15, -0.1) is 0 Å². The van der Waals surface area contributed by atoms with Gasteiger partial charge < -0.3 is 10.8 Å². The Balaban J connectivity index is 2.03. The summed E-state index contributed by atoms with van der Waals surface area (Å²) in [5.41, 5.74) is 6.38. The van der Waals surface area contributed by atoms with Crippen molar-refractivity contribution in [1.29, 1.82) is 0 Å². The van der Waals surface area contributed by atoms with Gasteiger partial charge in [0.05, 0.1) is 6.61 Å². The van der Waals surface area contributed by atoms with Crippen LogP contribution in [0.4, 0.5) is 0 Å². The monoisotopic (exact) mass is 254 g/mol. The van der Waals surface area contributed by atoms with Crippen LogP contribution in [0.15, 0.2) is 0 Å². The molecule has 106 valence electrons. The Morgan fingerprint density at radius 3 is 2.22 bits per heavy atom. The van der Waals surface area contributed by atoms with Gasteiger partial charge in [-0.1, -0.05) is 26.7 Å². The predicted octanol–water partition coefficient (Wildman–Crippen LogP) is 1.99. The molecular formula is C15H30N2O. The third kappa shape index (κ3) is 3.46. The number of hydrogen-bond donors (Lipinski definition) is 2. The van der Waals surface area contributed by atoms with Gasteiger partial charge in [-0.2, -0.15) is 0 Å². The number of aliphatic hydroxyl groups excluding tert-OH is 1. The Hall–Kier alpha value is -0.120. The molecule has 2 saturated carbocycles. The molecule has 0 bridgehead atoms. The van der Waals surface area contributed by atoms with Crippen molar-refractivity contribution in [1.82, 2.24) is 4.90 Å². The van der Waals surface area contributed by atoms with Crippen LogP contribution in [0, 0.1) is 11.8 Å². The van der Waals surface area contributed by atoms with Crippen molar-refractivity contribution in [2.75, 3.05) is 13.2 Å². The lowest BCUT2D eigenvalue weighted by Gasteiger charge is -2.39. The maximum atomic E-state index is 9.80. The van der Waals surface area contributed by atoms with E-state index < -0.39 is 0 Å². The van der Waals surface area contributed by atoms with Gasteiger partial charge in [-0.05, 0) is 37.5 Å². The third-order valence-corrected chi connectivity index (χ3v) is 4.59. The van der Waals surface area contributed by atoms with Crippen LogP contribution in [-0.4, -0.2) is 41.3 Å². The zero-order valence-corrected chi connectivity index (χ0v) is 12.0. The fourth-order valence-corrected chi connectivity index (χ4v) is 3.46. The lowest BCUT2D eigenvalue weighted by Crippen LogP contribution is -2.55. The molecule has 0 aromatic carbocycles. The molecule has 0 amide bonds. The lowest BCUT2D eigenvalue weighted by atomic mass is 9.99. The van der Waals surface area contributed by atoms with E-state index in [0.29, 0.717) is 17.9 Å². The molecule has 2 aliphatic rings. The molecule has 3 nitrogen and oxygen atoms in total. The largest absolute Gasteiger partial charge is 0.395 e. The highest BCUT2D eigenvalue weighted by Crippen LogP contribution is 2.36. The van der Waals surface area contributed by atoms with E-state index in [0.717, 1.165) is 6.54 Å². The van der Waals surface area contributed by atoms with Crippen molar-refractivity contribution in [3.05, 3.63) is 0 Å². The summed E-state index contributed by atoms with van der Waals surface area (Å²) in [4.78, 5) is 2.54. The number of nitrogens with zero attached hydrogens (tertiary/aromatic N) is 1. The Labute approximate surface area is 112 Å². The van der Waals surface area contributed by atoms with Crippen molar-refractivity contribution < 1.29 is 5.11 Å². The van der Waals surface area contributed by atoms with Crippen LogP contribution in [0.1, 0.15) is 52.4 Å². The maximum Gasteiger partial charge on any atom is 0.0602 e. The van der Waals surface area contributed by atoms with E-state index >= 15 is 0 Å². The van der Waals surface area contributed by atoms with E-state index in [-0.39, 0.29) is 18.7 Å². The van der Waals surface area contributed by atoms with E-state index in [2.05, 4.69) is 18.7 Å². The molecule has 0 spiro atoms. The van der Waals surface area contributed by atoms with Crippen molar-refractivity contribution >= 4 is 0 Å². The average Bonchev–Trinajstić information content (AvgIpc) is 3.04. The summed E-state index contributed by atoms with van der Waals surface area (Å²) in [7, 11) is 0. The summed E-state index contributed by atoms with van der Waals surface area (Å²) in [5.74, 6) is 1.31. The van der Waals surface area contributed by atoms with Gasteiger partial charge in [-0.25, -0.2) is 0 Å². The molecule has 3 N–H and O–H groups in total. The van der Waals surface area contributed by atoms with Crippen LogP contribution < -0.4 is 5.73 Å². The zero-order chi connectivity index (χ0) is 13.1. The smallest absolute Gasteiger partial charge is 0.0602 e. The fraction of sp³-hybridized carbons (Fsp3) is 1.00. The van der Waals surface area contributed by atoms with Crippen molar-refractivity contribution in [2.45, 2.75) is 70.5 Å². The van der Waals surface area contributed by atoms with Gasteiger partial charge in [0.1, 0.15) is 0 Å². The molecule has 0 heterocycles. The molecule has 3 heteroatoms. The van der Waals surface area contributed by atoms with Crippen molar-refractivity contribution in [3.63, 3.8) is 0 Å². The summed E-state index contributed by atoms with van der Waals surface area (Å²) in [5, 5.41) is 9.80. The highest BCUT2D eigenvalue weighted by Gasteiger charge is 2.39. The molecule has 2 aliphatic carbocycles. The first-order valence-corrected chi connectivity index (χ1v) is 7.75. The first-order valence-electron chi connectivity index (χ1n) is 7.75. The summed E-state index contributed by atoms with van der Waals surface area (Å²) in [6.07, 6.45) is 7.79. The summed E-state index contributed by atoms with van der Waals surface area (Å²) < 4.78 is 0. The Morgan fingerprint density at radius 2 is 1.78 bits per heavy atom. The lowest BCUT2D eigenvalue weighted by molar-refractivity contribution is 0.0536.